The Labute approximate surface area is 174 Å². The van der Waals surface area contributed by atoms with Crippen molar-refractivity contribution in [1.29, 1.82) is 0 Å². The Morgan fingerprint density at radius 1 is 1.17 bits per heavy atom. The first-order valence-corrected chi connectivity index (χ1v) is 11.6. The van der Waals surface area contributed by atoms with Crippen molar-refractivity contribution in [2.75, 3.05) is 6.61 Å². The van der Waals surface area contributed by atoms with E-state index in [0.717, 1.165) is 25.7 Å². The quantitative estimate of drug-likeness (QED) is 0.837. The topological polar surface area (TPSA) is 64.3 Å². The second kappa shape index (κ2) is 6.65. The van der Waals surface area contributed by atoms with Gasteiger partial charge < -0.3 is 9.84 Å². The summed E-state index contributed by atoms with van der Waals surface area (Å²) in [5.74, 6) is 2.09. The van der Waals surface area contributed by atoms with Crippen LogP contribution in [-0.4, -0.2) is 39.0 Å². The summed E-state index contributed by atoms with van der Waals surface area (Å²) in [5.41, 5.74) is -0.226. The maximum Gasteiger partial charge on any atom is 0.160 e. The first-order chi connectivity index (χ1) is 13.7. The molecule has 8 atom stereocenters. The van der Waals surface area contributed by atoms with Gasteiger partial charge in [0.05, 0.1) is 30.8 Å². The van der Waals surface area contributed by atoms with Gasteiger partial charge in [0.25, 0.3) is 0 Å². The molecule has 0 amide bonds. The molecular weight excluding hydrogens is 364 g/mol. The van der Waals surface area contributed by atoms with Gasteiger partial charge in [0.2, 0.25) is 0 Å². The molecule has 5 heteroatoms. The van der Waals surface area contributed by atoms with Crippen LogP contribution < -0.4 is 0 Å². The minimum atomic E-state index is -0.492. The number of fused-ring (bicyclic) bond motifs is 5. The second-order valence-corrected chi connectivity index (χ2v) is 11.3. The maximum absolute atomic E-state index is 13.1. The molecule has 160 valence electrons. The van der Waals surface area contributed by atoms with Crippen molar-refractivity contribution in [2.24, 2.45) is 34.5 Å². The van der Waals surface area contributed by atoms with Gasteiger partial charge in [-0.2, -0.15) is 5.10 Å². The van der Waals surface area contributed by atoms with Gasteiger partial charge in [-0.3, -0.25) is 9.48 Å². The predicted molar refractivity (Wildman–Crippen MR) is 110 cm³/mol. The van der Waals surface area contributed by atoms with E-state index in [2.05, 4.69) is 18.9 Å². The molecule has 0 bridgehead atoms. The lowest BCUT2D eigenvalue weighted by atomic mass is 9.45. The van der Waals surface area contributed by atoms with Crippen LogP contribution in [0.3, 0.4) is 0 Å². The molecule has 2 heterocycles. The van der Waals surface area contributed by atoms with Crippen molar-refractivity contribution in [2.45, 2.75) is 84.0 Å². The smallest absolute Gasteiger partial charge is 0.160 e. The summed E-state index contributed by atoms with van der Waals surface area (Å²) < 4.78 is 8.19. The zero-order chi connectivity index (χ0) is 20.4. The van der Waals surface area contributed by atoms with Gasteiger partial charge in [0.1, 0.15) is 0 Å². The van der Waals surface area contributed by atoms with E-state index >= 15 is 0 Å². The lowest BCUT2D eigenvalue weighted by molar-refractivity contribution is -0.162. The van der Waals surface area contributed by atoms with Crippen molar-refractivity contribution < 1.29 is 14.6 Å². The first kappa shape index (κ1) is 19.7. The Bertz CT molecular complexity index is 775. The van der Waals surface area contributed by atoms with Crippen molar-refractivity contribution in [1.82, 2.24) is 9.78 Å². The summed E-state index contributed by atoms with van der Waals surface area (Å²) in [7, 11) is 0. The van der Waals surface area contributed by atoms with E-state index in [1.807, 2.05) is 19.2 Å². The number of rotatable bonds is 3. The van der Waals surface area contributed by atoms with E-state index in [-0.39, 0.29) is 23.2 Å². The molecule has 4 aliphatic rings. The van der Waals surface area contributed by atoms with Crippen LogP contribution in [0, 0.1) is 34.5 Å². The molecule has 0 radical (unpaired) electrons. The average molecular weight is 401 g/mol. The number of ketones is 1. The highest BCUT2D eigenvalue weighted by Gasteiger charge is 2.62. The Morgan fingerprint density at radius 2 is 2.00 bits per heavy atom. The molecule has 5 nitrogen and oxygen atoms in total. The maximum atomic E-state index is 13.1. The highest BCUT2D eigenvalue weighted by molar-refractivity contribution is 5.82. The summed E-state index contributed by atoms with van der Waals surface area (Å²) in [4.78, 5) is 13.1. The lowest BCUT2D eigenvalue weighted by Gasteiger charge is -2.61. The third-order valence-electron chi connectivity index (χ3n) is 9.57. The van der Waals surface area contributed by atoms with Crippen LogP contribution >= 0.6 is 0 Å². The minimum Gasteiger partial charge on any atom is -0.390 e. The number of carbonyl (C=O) groups is 1. The van der Waals surface area contributed by atoms with Crippen molar-refractivity contribution in [3.63, 3.8) is 0 Å². The summed E-state index contributed by atoms with van der Waals surface area (Å²) in [6.45, 7) is 7.74. The number of hydrogen-bond acceptors (Lipinski definition) is 4. The van der Waals surface area contributed by atoms with Crippen LogP contribution in [-0.2, 0) is 16.1 Å². The van der Waals surface area contributed by atoms with Crippen LogP contribution in [0.25, 0.3) is 0 Å². The van der Waals surface area contributed by atoms with Gasteiger partial charge >= 0.3 is 0 Å². The summed E-state index contributed by atoms with van der Waals surface area (Å²) in [5, 5.41) is 14.9. The Morgan fingerprint density at radius 3 is 2.76 bits per heavy atom. The van der Waals surface area contributed by atoms with Gasteiger partial charge in [0.15, 0.2) is 5.78 Å². The van der Waals surface area contributed by atoms with Crippen molar-refractivity contribution >= 4 is 5.78 Å². The van der Waals surface area contributed by atoms with Gasteiger partial charge in [0, 0.05) is 17.8 Å². The summed E-state index contributed by atoms with van der Waals surface area (Å²) in [6, 6.07) is 1.87. The lowest BCUT2D eigenvalue weighted by Crippen LogP contribution is -2.57. The van der Waals surface area contributed by atoms with E-state index in [0.29, 0.717) is 36.3 Å². The molecule has 3 saturated carbocycles. The molecule has 4 fully saturated rings. The average Bonchev–Trinajstić information content (AvgIpc) is 3.29. The van der Waals surface area contributed by atoms with Gasteiger partial charge in [-0.1, -0.05) is 13.8 Å². The zero-order valence-electron chi connectivity index (χ0n) is 18.1. The number of hydrogen-bond donors (Lipinski definition) is 1. The summed E-state index contributed by atoms with van der Waals surface area (Å²) in [6.07, 6.45) is 11.4. The standard InChI is InChI=1S/C24H36N2O3/c1-22(28)9-10-23(2)16(13-22)5-6-17-18(23)7-8-24(3)19(15-29-21(17)24)20(27)14-26-12-4-11-25-26/h4,11-12,16-19,21,28H,5-10,13-15H2,1-3H3/t16-,17?,18?,19-,21?,22-,23+,24-/m1/s1. The van der Waals surface area contributed by atoms with Crippen molar-refractivity contribution in [3.8, 4) is 0 Å². The SMILES string of the molecule is C[C@@]1(O)CC[C@]2(C)C3CC[C@@]4(C)C(OC[C@@H]4C(=O)Cn4cccn4)C3CC[C@@H]2C1. The Hall–Kier alpha value is -1.20. The van der Waals surface area contributed by atoms with Crippen molar-refractivity contribution in [3.05, 3.63) is 18.5 Å². The van der Waals surface area contributed by atoms with Gasteiger partial charge in [-0.25, -0.2) is 0 Å². The molecule has 5 rings (SSSR count). The fourth-order valence-electron chi connectivity index (χ4n) is 7.82. The normalized spacial score (nSPS) is 49.2. The third kappa shape index (κ3) is 3.03. The molecule has 0 aromatic carbocycles. The van der Waals surface area contributed by atoms with E-state index in [1.54, 1.807) is 10.9 Å². The van der Waals surface area contributed by atoms with Crippen LogP contribution in [0.1, 0.15) is 65.7 Å². The van der Waals surface area contributed by atoms with E-state index in [4.69, 9.17) is 4.74 Å². The number of Topliss-reactive ketones (excluding diaryl/α,β-unsaturated/α-hetero) is 1. The molecule has 29 heavy (non-hydrogen) atoms. The molecule has 1 aromatic rings. The first-order valence-electron chi connectivity index (χ1n) is 11.6. The van der Waals surface area contributed by atoms with Crippen LogP contribution in [0.4, 0.5) is 0 Å². The molecule has 1 aliphatic heterocycles. The van der Waals surface area contributed by atoms with Crippen LogP contribution in [0.5, 0.6) is 0 Å². The Balaban J connectivity index is 1.36. The Kier molecular flexibility index (Phi) is 4.53. The largest absolute Gasteiger partial charge is 0.390 e. The molecule has 0 spiro atoms. The highest BCUT2D eigenvalue weighted by atomic mass is 16.5. The zero-order valence-corrected chi connectivity index (χ0v) is 18.1. The third-order valence-corrected chi connectivity index (χ3v) is 9.57. The second-order valence-electron chi connectivity index (χ2n) is 11.3. The predicted octanol–water partition coefficient (Wildman–Crippen LogP) is 3.85. The highest BCUT2D eigenvalue weighted by Crippen LogP contribution is 2.65. The number of nitrogens with zero attached hydrogens (tertiary/aromatic N) is 2. The fourth-order valence-corrected chi connectivity index (χ4v) is 7.82. The number of carbonyl (C=O) groups excluding carboxylic acids is 1. The number of aliphatic hydroxyl groups is 1. The summed E-state index contributed by atoms with van der Waals surface area (Å²) >= 11 is 0. The number of ether oxygens (including phenoxy) is 1. The van der Waals surface area contributed by atoms with Gasteiger partial charge in [-0.05, 0) is 81.1 Å². The van der Waals surface area contributed by atoms with E-state index in [1.165, 1.54) is 19.3 Å². The van der Waals surface area contributed by atoms with Crippen LogP contribution in [0.2, 0.25) is 0 Å². The molecular formula is C24H36N2O3. The molecule has 1 N–H and O–H groups in total. The number of aromatic nitrogens is 2. The molecule has 3 unspecified atom stereocenters. The van der Waals surface area contributed by atoms with Gasteiger partial charge in [-0.15, -0.1) is 0 Å². The van der Waals surface area contributed by atoms with E-state index in [9.17, 15) is 9.90 Å². The van der Waals surface area contributed by atoms with Crippen LogP contribution in [0.15, 0.2) is 18.5 Å². The monoisotopic (exact) mass is 400 g/mol. The molecule has 1 saturated heterocycles. The minimum absolute atomic E-state index is 0.0183. The molecule has 3 aliphatic carbocycles. The fraction of sp³-hybridized carbons (Fsp3) is 0.833. The van der Waals surface area contributed by atoms with E-state index < -0.39 is 5.60 Å². The molecule has 1 aromatic heterocycles.